The van der Waals surface area contributed by atoms with E-state index in [0.29, 0.717) is 0 Å². The highest BCUT2D eigenvalue weighted by atomic mass is 28.2. The Morgan fingerprint density at radius 1 is 1.13 bits per heavy atom. The molecule has 0 saturated carbocycles. The van der Waals surface area contributed by atoms with Crippen molar-refractivity contribution in [3.05, 3.63) is 0 Å². The highest BCUT2D eigenvalue weighted by Crippen LogP contribution is 1.96. The molecule has 0 aliphatic carbocycles. The van der Waals surface area contributed by atoms with Crippen molar-refractivity contribution in [2.24, 2.45) is 0 Å². The summed E-state index contributed by atoms with van der Waals surface area (Å²) < 4.78 is 15.8. The topological polar surface area (TPSA) is 30.9 Å². The first-order chi connectivity index (χ1) is 7.20. The molecule has 0 fully saturated rings. The van der Waals surface area contributed by atoms with Crippen molar-refractivity contribution in [2.45, 2.75) is 18.4 Å². The van der Waals surface area contributed by atoms with E-state index in [2.05, 4.69) is 19.0 Å². The van der Waals surface area contributed by atoms with E-state index in [0.717, 1.165) is 26.2 Å². The van der Waals surface area contributed by atoms with Gasteiger partial charge in [-0.2, -0.15) is 0 Å². The Morgan fingerprint density at radius 3 is 2.33 bits per heavy atom. The van der Waals surface area contributed by atoms with Crippen LogP contribution in [-0.4, -0.2) is 68.4 Å². The molecule has 5 heteroatoms. The highest BCUT2D eigenvalue weighted by molar-refractivity contribution is 6.36. The fourth-order valence-electron chi connectivity index (χ4n) is 1.20. The molecule has 0 saturated heterocycles. The Bertz CT molecular complexity index is 132. The van der Waals surface area contributed by atoms with Gasteiger partial charge in [0, 0.05) is 27.4 Å². The summed E-state index contributed by atoms with van der Waals surface area (Å²) in [5, 5.41) is 0. The summed E-state index contributed by atoms with van der Waals surface area (Å²) in [6.07, 6.45) is 1.13. The largest absolute Gasteiger partial charge is 0.380 e. The van der Waals surface area contributed by atoms with Crippen LogP contribution in [0.1, 0.15) is 6.42 Å². The van der Waals surface area contributed by atoms with E-state index in [1.165, 1.54) is 6.04 Å². The van der Waals surface area contributed by atoms with E-state index in [1.54, 1.807) is 14.2 Å². The maximum absolute atomic E-state index is 5.49. The van der Waals surface area contributed by atoms with Crippen LogP contribution in [0.4, 0.5) is 0 Å². The van der Waals surface area contributed by atoms with Crippen LogP contribution in [0.25, 0.3) is 0 Å². The molecule has 0 aromatic heterocycles. The van der Waals surface area contributed by atoms with E-state index < -0.39 is 0 Å². The molecular weight excluding hydrogens is 210 g/mol. The molecule has 0 radical (unpaired) electrons. The molecule has 0 unspecified atom stereocenters. The number of likely N-dealkylation sites (N-methyl/N-ethyl adjacent to an activating group) is 1. The van der Waals surface area contributed by atoms with E-state index in [9.17, 15) is 0 Å². The lowest BCUT2D eigenvalue weighted by molar-refractivity contribution is -0.0442. The van der Waals surface area contributed by atoms with Crippen LogP contribution in [0.5, 0.6) is 0 Å². The Hall–Kier alpha value is 0.0569. The summed E-state index contributed by atoms with van der Waals surface area (Å²) in [6.45, 7) is 2.68. The SMILES string of the molecule is COC(OC)[SiH2]CCCOCCN(C)C. The second kappa shape index (κ2) is 10.6. The van der Waals surface area contributed by atoms with Crippen molar-refractivity contribution in [1.29, 1.82) is 0 Å². The summed E-state index contributed by atoms with van der Waals surface area (Å²) in [4.78, 5) is 2.13. The molecule has 15 heavy (non-hydrogen) atoms. The van der Waals surface area contributed by atoms with Crippen LogP contribution >= 0.6 is 0 Å². The first kappa shape index (κ1) is 15.1. The molecule has 0 N–H and O–H groups in total. The molecule has 0 heterocycles. The zero-order valence-corrected chi connectivity index (χ0v) is 11.9. The van der Waals surface area contributed by atoms with Gasteiger partial charge in [0.2, 0.25) is 0 Å². The molecule has 4 nitrogen and oxygen atoms in total. The summed E-state index contributed by atoms with van der Waals surface area (Å²) in [6, 6.07) is 1.22. The van der Waals surface area contributed by atoms with Gasteiger partial charge in [-0.15, -0.1) is 0 Å². The third-order valence-corrected chi connectivity index (χ3v) is 4.23. The van der Waals surface area contributed by atoms with Gasteiger partial charge in [0.1, 0.15) is 5.91 Å². The number of hydrogen-bond acceptors (Lipinski definition) is 4. The van der Waals surface area contributed by atoms with Gasteiger partial charge in [-0.1, -0.05) is 6.04 Å². The summed E-state index contributed by atoms with van der Waals surface area (Å²) in [5.41, 5.74) is 0. The van der Waals surface area contributed by atoms with Crippen molar-refractivity contribution < 1.29 is 14.2 Å². The second-order valence-corrected chi connectivity index (χ2v) is 5.76. The van der Waals surface area contributed by atoms with Crippen molar-refractivity contribution in [2.75, 3.05) is 48.1 Å². The van der Waals surface area contributed by atoms with Crippen LogP contribution in [-0.2, 0) is 14.2 Å². The average Bonchev–Trinajstić information content (AvgIpc) is 2.22. The van der Waals surface area contributed by atoms with Gasteiger partial charge in [-0.3, -0.25) is 0 Å². The molecule has 0 aliphatic heterocycles. The average molecular weight is 235 g/mol. The molecule has 92 valence electrons. The number of ether oxygens (including phenoxy) is 3. The van der Waals surface area contributed by atoms with Crippen LogP contribution in [0.3, 0.4) is 0 Å². The van der Waals surface area contributed by atoms with Gasteiger partial charge in [-0.05, 0) is 20.5 Å². The molecule has 0 aliphatic rings. The fraction of sp³-hybridized carbons (Fsp3) is 1.00. The van der Waals surface area contributed by atoms with Gasteiger partial charge in [0.15, 0.2) is 0 Å². The van der Waals surface area contributed by atoms with Crippen molar-refractivity contribution in [1.82, 2.24) is 4.90 Å². The monoisotopic (exact) mass is 235 g/mol. The molecule has 0 rings (SSSR count). The van der Waals surface area contributed by atoms with Gasteiger partial charge in [-0.25, -0.2) is 0 Å². The zero-order chi connectivity index (χ0) is 11.5. The minimum Gasteiger partial charge on any atom is -0.380 e. The summed E-state index contributed by atoms with van der Waals surface area (Å²) >= 11 is 0. The molecule has 0 bridgehead atoms. The zero-order valence-electron chi connectivity index (χ0n) is 10.5. The van der Waals surface area contributed by atoms with E-state index in [1.807, 2.05) is 0 Å². The third-order valence-electron chi connectivity index (χ3n) is 2.19. The molecule has 0 aromatic rings. The van der Waals surface area contributed by atoms with E-state index in [-0.39, 0.29) is 15.4 Å². The first-order valence-corrected chi connectivity index (χ1v) is 7.30. The minimum absolute atomic E-state index is 0.0757. The lowest BCUT2D eigenvalue weighted by atomic mass is 10.5. The van der Waals surface area contributed by atoms with Crippen molar-refractivity contribution in [3.63, 3.8) is 0 Å². The van der Waals surface area contributed by atoms with E-state index >= 15 is 0 Å². The standard InChI is InChI=1S/C10H25NO3Si/c1-11(2)6-8-14-7-5-9-15-10(12-3)13-4/h10H,5-9,15H2,1-4H3. The summed E-state index contributed by atoms with van der Waals surface area (Å²) in [5.74, 6) is 0.0757. The molecule has 0 spiro atoms. The van der Waals surface area contributed by atoms with Crippen LogP contribution in [0.2, 0.25) is 6.04 Å². The van der Waals surface area contributed by atoms with Gasteiger partial charge in [0.05, 0.1) is 16.1 Å². The Morgan fingerprint density at radius 2 is 1.80 bits per heavy atom. The fourth-order valence-corrected chi connectivity index (χ4v) is 2.49. The normalized spacial score (nSPS) is 12.4. The van der Waals surface area contributed by atoms with Crippen LogP contribution in [0, 0.1) is 0 Å². The van der Waals surface area contributed by atoms with Crippen LogP contribution in [0.15, 0.2) is 0 Å². The number of hydrogen-bond donors (Lipinski definition) is 0. The van der Waals surface area contributed by atoms with Gasteiger partial charge in [0.25, 0.3) is 0 Å². The maximum atomic E-state index is 5.49. The first-order valence-electron chi connectivity index (χ1n) is 5.48. The van der Waals surface area contributed by atoms with E-state index in [4.69, 9.17) is 14.2 Å². The Balaban J connectivity index is 3.10. The summed E-state index contributed by atoms with van der Waals surface area (Å²) in [7, 11) is 7.25. The predicted molar refractivity (Wildman–Crippen MR) is 65.1 cm³/mol. The number of methoxy groups -OCH3 is 2. The molecule has 0 aromatic carbocycles. The van der Waals surface area contributed by atoms with Gasteiger partial charge < -0.3 is 19.1 Å². The predicted octanol–water partition coefficient (Wildman–Crippen LogP) is 0.118. The Kier molecular flexibility index (Phi) is 10.6. The van der Waals surface area contributed by atoms with Crippen molar-refractivity contribution >= 4 is 9.52 Å². The smallest absolute Gasteiger partial charge is 0.134 e. The van der Waals surface area contributed by atoms with Crippen LogP contribution < -0.4 is 0 Å². The minimum atomic E-state index is -0.260. The maximum Gasteiger partial charge on any atom is 0.134 e. The molecule has 0 amide bonds. The Labute approximate surface area is 95.7 Å². The second-order valence-electron chi connectivity index (χ2n) is 3.81. The quantitative estimate of drug-likeness (QED) is 0.306. The molecular formula is C10H25NO3Si. The number of nitrogens with zero attached hydrogens (tertiary/aromatic N) is 1. The lowest BCUT2D eigenvalue weighted by Gasteiger charge is -2.12. The lowest BCUT2D eigenvalue weighted by Crippen LogP contribution is -2.21. The van der Waals surface area contributed by atoms with Crippen molar-refractivity contribution in [3.8, 4) is 0 Å². The van der Waals surface area contributed by atoms with Gasteiger partial charge >= 0.3 is 0 Å². The third kappa shape index (κ3) is 10.3. The highest BCUT2D eigenvalue weighted by Gasteiger charge is 2.04. The number of rotatable bonds is 10. The molecule has 0 atom stereocenters.